The van der Waals surface area contributed by atoms with Crippen LogP contribution < -0.4 is 10.6 Å². The van der Waals surface area contributed by atoms with Crippen molar-refractivity contribution in [3.63, 3.8) is 0 Å². The van der Waals surface area contributed by atoms with Crippen LogP contribution in [0.1, 0.15) is 56.9 Å². The maximum Gasteiger partial charge on any atom is 0.411 e. The fourth-order valence-electron chi connectivity index (χ4n) is 5.17. The summed E-state index contributed by atoms with van der Waals surface area (Å²) in [6.45, 7) is 10.1. The molecule has 2 N–H and O–H groups in total. The van der Waals surface area contributed by atoms with Crippen LogP contribution in [0.4, 0.5) is 21.0 Å². The van der Waals surface area contributed by atoms with E-state index in [1.165, 1.54) is 12.2 Å². The number of aryl methyl sites for hydroxylation is 1. The van der Waals surface area contributed by atoms with Crippen LogP contribution in [0.2, 0.25) is 0 Å². The molecule has 3 rings (SSSR count). The smallest absolute Gasteiger partial charge is 0.411 e. The first kappa shape index (κ1) is 31.7. The molecule has 224 valence electrons. The summed E-state index contributed by atoms with van der Waals surface area (Å²) in [6.07, 6.45) is 8.48. The maximum absolute atomic E-state index is 12.5. The second kappa shape index (κ2) is 16.4. The van der Waals surface area contributed by atoms with Crippen molar-refractivity contribution in [2.45, 2.75) is 58.3 Å². The lowest BCUT2D eigenvalue weighted by molar-refractivity contribution is -0.140. The minimum absolute atomic E-state index is 0.265. The summed E-state index contributed by atoms with van der Waals surface area (Å²) in [5, 5.41) is 5.49. The van der Waals surface area contributed by atoms with E-state index < -0.39 is 24.1 Å². The monoisotopic (exact) mass is 570 g/mol. The minimum atomic E-state index is -0.556. The zero-order valence-electron chi connectivity index (χ0n) is 23.9. The van der Waals surface area contributed by atoms with Crippen molar-refractivity contribution in [2.24, 2.45) is 23.7 Å². The first-order valence-electron chi connectivity index (χ1n) is 14.3. The average molecular weight is 571 g/mol. The number of esters is 2. The Balaban J connectivity index is 1.34. The van der Waals surface area contributed by atoms with E-state index in [1.54, 1.807) is 18.2 Å². The number of rotatable bonds is 12. The van der Waals surface area contributed by atoms with Crippen molar-refractivity contribution in [3.8, 4) is 0 Å². The summed E-state index contributed by atoms with van der Waals surface area (Å²) < 4.78 is 21.2. The Morgan fingerprint density at radius 1 is 0.683 bits per heavy atom. The van der Waals surface area contributed by atoms with Gasteiger partial charge in [-0.3, -0.25) is 10.6 Å². The summed E-state index contributed by atoms with van der Waals surface area (Å²) in [4.78, 5) is 47.3. The normalized spacial score (nSPS) is 22.0. The van der Waals surface area contributed by atoms with E-state index in [4.69, 9.17) is 18.9 Å². The van der Waals surface area contributed by atoms with Gasteiger partial charge in [0.2, 0.25) is 0 Å². The lowest BCUT2D eigenvalue weighted by atomic mass is 9.83. The van der Waals surface area contributed by atoms with Crippen molar-refractivity contribution in [1.29, 1.82) is 0 Å². The Kier molecular flexibility index (Phi) is 12.7. The number of anilines is 2. The molecule has 2 aliphatic carbocycles. The topological polar surface area (TPSA) is 129 Å². The van der Waals surface area contributed by atoms with Crippen LogP contribution in [0, 0.1) is 30.6 Å². The number of carbonyl (C=O) groups is 4. The highest BCUT2D eigenvalue weighted by Gasteiger charge is 2.24. The first-order valence-corrected chi connectivity index (χ1v) is 14.3. The van der Waals surface area contributed by atoms with Gasteiger partial charge in [-0.25, -0.2) is 19.2 Å². The molecule has 2 amide bonds. The van der Waals surface area contributed by atoms with Gasteiger partial charge in [-0.2, -0.15) is 0 Å². The molecule has 10 nitrogen and oxygen atoms in total. The Morgan fingerprint density at radius 3 is 1.49 bits per heavy atom. The molecule has 0 saturated heterocycles. The molecule has 41 heavy (non-hydrogen) atoms. The second-order valence-electron chi connectivity index (χ2n) is 10.9. The van der Waals surface area contributed by atoms with E-state index in [0.29, 0.717) is 49.6 Å². The number of ether oxygens (including phenoxy) is 4. The fourth-order valence-corrected chi connectivity index (χ4v) is 5.17. The third kappa shape index (κ3) is 11.3. The standard InChI is InChI=1S/C31H42N2O8/c1-4-28(34)38-17-22-7-11-24(12-8-22)19-40-30(36)32-26-15-6-21(3)27(16-26)33-31(37)41-20-25-13-9-23(10-14-25)18-39-29(35)5-2/h4-6,15-16,22-25H,1-2,7-14,17-20H2,3H3,(H,32,36)(H,33,37). The molecule has 10 heteroatoms. The van der Waals surface area contributed by atoms with Gasteiger partial charge in [0.1, 0.15) is 0 Å². The van der Waals surface area contributed by atoms with Gasteiger partial charge in [-0.1, -0.05) is 19.2 Å². The lowest BCUT2D eigenvalue weighted by Crippen LogP contribution is -2.25. The zero-order chi connectivity index (χ0) is 29.6. The van der Waals surface area contributed by atoms with Gasteiger partial charge in [0.15, 0.2) is 0 Å². The van der Waals surface area contributed by atoms with Gasteiger partial charge in [-0.15, -0.1) is 0 Å². The highest BCUT2D eigenvalue weighted by atomic mass is 16.6. The van der Waals surface area contributed by atoms with Crippen molar-refractivity contribution in [1.82, 2.24) is 0 Å². The largest absolute Gasteiger partial charge is 0.462 e. The van der Waals surface area contributed by atoms with Crippen LogP contribution in [0.15, 0.2) is 43.5 Å². The SMILES string of the molecule is C=CC(=O)OCC1CCC(COC(=O)Nc2ccc(C)c(NC(=O)OCC3CCC(COC(=O)C=C)CC3)c2)CC1. The number of hydrogen-bond acceptors (Lipinski definition) is 8. The summed E-state index contributed by atoms with van der Waals surface area (Å²) in [5.41, 5.74) is 1.86. The van der Waals surface area contributed by atoms with E-state index in [9.17, 15) is 19.2 Å². The first-order chi connectivity index (χ1) is 19.7. The maximum atomic E-state index is 12.5. The molecule has 2 saturated carbocycles. The van der Waals surface area contributed by atoms with E-state index in [0.717, 1.165) is 56.9 Å². The highest BCUT2D eigenvalue weighted by molar-refractivity contribution is 5.89. The van der Waals surface area contributed by atoms with Gasteiger partial charge in [-0.05, 0) is 99.7 Å². The Hall–Kier alpha value is -3.82. The summed E-state index contributed by atoms with van der Waals surface area (Å²) in [5.74, 6) is 0.371. The van der Waals surface area contributed by atoms with Gasteiger partial charge >= 0.3 is 24.1 Å². The molecular weight excluding hydrogens is 528 g/mol. The number of hydrogen-bond donors (Lipinski definition) is 2. The molecule has 0 radical (unpaired) electrons. The van der Waals surface area contributed by atoms with Crippen LogP contribution in [0.3, 0.4) is 0 Å². The number of amides is 2. The van der Waals surface area contributed by atoms with Gasteiger partial charge in [0.05, 0.1) is 26.4 Å². The lowest BCUT2D eigenvalue weighted by Gasteiger charge is -2.27. The van der Waals surface area contributed by atoms with E-state index in [-0.39, 0.29) is 11.8 Å². The number of carbonyl (C=O) groups excluding carboxylic acids is 4. The molecule has 2 fully saturated rings. The van der Waals surface area contributed by atoms with Crippen molar-refractivity contribution >= 4 is 35.5 Å². The molecule has 0 unspecified atom stereocenters. The number of benzene rings is 1. The Morgan fingerprint density at radius 2 is 1.07 bits per heavy atom. The zero-order valence-corrected chi connectivity index (χ0v) is 23.9. The molecule has 0 heterocycles. The van der Waals surface area contributed by atoms with E-state index in [1.807, 2.05) is 6.92 Å². The molecule has 2 aliphatic rings. The Labute approximate surface area is 241 Å². The van der Waals surface area contributed by atoms with Crippen LogP contribution in [0.25, 0.3) is 0 Å². The predicted octanol–water partition coefficient (Wildman–Crippen LogP) is 6.16. The molecule has 1 aromatic rings. The quantitative estimate of drug-likeness (QED) is 0.174. The van der Waals surface area contributed by atoms with Gasteiger partial charge in [0.25, 0.3) is 0 Å². The molecule has 1 aromatic carbocycles. The van der Waals surface area contributed by atoms with Gasteiger partial charge < -0.3 is 18.9 Å². The van der Waals surface area contributed by atoms with E-state index in [2.05, 4.69) is 23.8 Å². The third-order valence-electron chi connectivity index (χ3n) is 7.81. The van der Waals surface area contributed by atoms with Crippen molar-refractivity contribution in [3.05, 3.63) is 49.1 Å². The Bertz CT molecular complexity index is 1070. The van der Waals surface area contributed by atoms with Crippen LogP contribution >= 0.6 is 0 Å². The summed E-state index contributed by atoms with van der Waals surface area (Å²) in [6, 6.07) is 5.21. The molecule has 0 bridgehead atoms. The van der Waals surface area contributed by atoms with Gasteiger partial charge in [0, 0.05) is 23.5 Å². The molecule has 0 spiro atoms. The van der Waals surface area contributed by atoms with Crippen molar-refractivity contribution < 1.29 is 38.1 Å². The molecule has 0 aliphatic heterocycles. The highest BCUT2D eigenvalue weighted by Crippen LogP contribution is 2.30. The molecular formula is C31H42N2O8. The summed E-state index contributed by atoms with van der Waals surface area (Å²) >= 11 is 0. The fraction of sp³-hybridized carbons (Fsp3) is 0.548. The predicted molar refractivity (Wildman–Crippen MR) is 154 cm³/mol. The minimum Gasteiger partial charge on any atom is -0.462 e. The molecule has 0 atom stereocenters. The van der Waals surface area contributed by atoms with Crippen LogP contribution in [-0.4, -0.2) is 50.6 Å². The van der Waals surface area contributed by atoms with Crippen molar-refractivity contribution in [2.75, 3.05) is 37.1 Å². The van der Waals surface area contributed by atoms with Crippen LogP contribution in [-0.2, 0) is 28.5 Å². The third-order valence-corrected chi connectivity index (χ3v) is 7.81. The second-order valence-corrected chi connectivity index (χ2v) is 10.9. The molecule has 0 aromatic heterocycles. The van der Waals surface area contributed by atoms with E-state index >= 15 is 0 Å². The number of nitrogens with one attached hydrogen (secondary N) is 2. The average Bonchev–Trinajstić information content (AvgIpc) is 2.99. The summed E-state index contributed by atoms with van der Waals surface area (Å²) in [7, 11) is 0. The van der Waals surface area contributed by atoms with Crippen LogP contribution in [0.5, 0.6) is 0 Å².